The molecule has 3 N–H and O–H groups in total. The van der Waals surface area contributed by atoms with Gasteiger partial charge in [-0.15, -0.1) is 0 Å². The lowest BCUT2D eigenvalue weighted by Crippen LogP contribution is -2.37. The molecule has 2 rings (SSSR count). The van der Waals surface area contributed by atoms with Gasteiger partial charge in [-0.05, 0) is 6.92 Å². The van der Waals surface area contributed by atoms with E-state index >= 15 is 0 Å². The van der Waals surface area contributed by atoms with Crippen molar-refractivity contribution in [3.05, 3.63) is 6.33 Å². The highest BCUT2D eigenvalue weighted by atomic mass is 16.5. The van der Waals surface area contributed by atoms with Crippen LogP contribution in [0.5, 0.6) is 5.75 Å². The minimum atomic E-state index is -0.839. The molecule has 1 saturated heterocycles. The van der Waals surface area contributed by atoms with Gasteiger partial charge in [0.05, 0.1) is 13.7 Å². The van der Waals surface area contributed by atoms with Crippen LogP contribution in [-0.2, 0) is 4.74 Å². The van der Waals surface area contributed by atoms with Gasteiger partial charge in [-0.3, -0.25) is 0 Å². The molecule has 0 aliphatic carbocycles. The van der Waals surface area contributed by atoms with Crippen molar-refractivity contribution < 1.29 is 14.6 Å². The first-order valence-electron chi connectivity index (χ1n) is 6.35. The number of aliphatic hydroxyl groups is 1. The molecule has 1 aliphatic heterocycles. The number of nitrogens with zero attached hydrogens (tertiary/aromatic N) is 2. The van der Waals surface area contributed by atoms with E-state index in [1.54, 1.807) is 7.11 Å². The lowest BCUT2D eigenvalue weighted by Gasteiger charge is -2.22. The first-order chi connectivity index (χ1) is 9.18. The Morgan fingerprint density at radius 2 is 2.16 bits per heavy atom. The first kappa shape index (κ1) is 13.8. The topological polar surface area (TPSA) is 88.5 Å². The summed E-state index contributed by atoms with van der Waals surface area (Å²) in [6.45, 7) is 4.01. The number of hydrogen-bond donors (Lipinski definition) is 3. The molecular formula is C12H20N4O3. The van der Waals surface area contributed by atoms with Gasteiger partial charge >= 0.3 is 0 Å². The summed E-state index contributed by atoms with van der Waals surface area (Å²) >= 11 is 0. The molecule has 7 nitrogen and oxygen atoms in total. The third-order valence-electron chi connectivity index (χ3n) is 3.02. The predicted octanol–water partition coefficient (Wildman–Crippen LogP) is 0.480. The molecule has 19 heavy (non-hydrogen) atoms. The number of methoxy groups -OCH3 is 1. The molecule has 7 heteroatoms. The second-order valence-electron chi connectivity index (χ2n) is 4.51. The summed E-state index contributed by atoms with van der Waals surface area (Å²) in [4.78, 5) is 8.27. The van der Waals surface area contributed by atoms with E-state index in [0.717, 1.165) is 6.54 Å². The number of anilines is 2. The zero-order chi connectivity index (χ0) is 13.7. The summed E-state index contributed by atoms with van der Waals surface area (Å²) < 4.78 is 10.5. The van der Waals surface area contributed by atoms with Crippen LogP contribution in [0.15, 0.2) is 6.33 Å². The number of aromatic nitrogens is 2. The van der Waals surface area contributed by atoms with Crippen molar-refractivity contribution in [1.82, 2.24) is 9.97 Å². The van der Waals surface area contributed by atoms with Crippen LogP contribution in [0.4, 0.5) is 11.6 Å². The largest absolute Gasteiger partial charge is 0.490 e. The molecule has 1 atom stereocenters. The molecule has 1 aromatic rings. The molecule has 0 aromatic carbocycles. The molecule has 1 aliphatic rings. The highest BCUT2D eigenvalue weighted by Crippen LogP contribution is 2.29. The highest BCUT2D eigenvalue weighted by Gasteiger charge is 2.32. The van der Waals surface area contributed by atoms with Crippen LogP contribution >= 0.6 is 0 Å². The molecule has 106 valence electrons. The van der Waals surface area contributed by atoms with E-state index in [9.17, 15) is 5.11 Å². The van der Waals surface area contributed by atoms with Gasteiger partial charge in [-0.2, -0.15) is 0 Å². The van der Waals surface area contributed by atoms with E-state index in [4.69, 9.17) is 9.47 Å². The van der Waals surface area contributed by atoms with Crippen molar-refractivity contribution in [1.29, 1.82) is 0 Å². The van der Waals surface area contributed by atoms with Crippen LogP contribution in [0.1, 0.15) is 13.3 Å². The maximum atomic E-state index is 10.2. The average molecular weight is 268 g/mol. The van der Waals surface area contributed by atoms with Gasteiger partial charge in [0.1, 0.15) is 11.9 Å². The average Bonchev–Trinajstić information content (AvgIpc) is 2.84. The monoisotopic (exact) mass is 268 g/mol. The first-order valence-corrected chi connectivity index (χ1v) is 6.35. The third kappa shape index (κ3) is 3.24. The number of nitrogens with one attached hydrogen (secondary N) is 2. The molecule has 2 heterocycles. The predicted molar refractivity (Wildman–Crippen MR) is 71.6 cm³/mol. The minimum absolute atomic E-state index is 0.341. The van der Waals surface area contributed by atoms with Crippen LogP contribution in [0.25, 0.3) is 0 Å². The number of ether oxygens (including phenoxy) is 2. The quantitative estimate of drug-likeness (QED) is 0.691. The Kier molecular flexibility index (Phi) is 4.39. The summed E-state index contributed by atoms with van der Waals surface area (Å²) in [5.41, 5.74) is -0.839. The lowest BCUT2D eigenvalue weighted by molar-refractivity contribution is 0.0381. The Hall–Kier alpha value is -1.60. The van der Waals surface area contributed by atoms with Crippen molar-refractivity contribution in [2.75, 3.05) is 44.0 Å². The van der Waals surface area contributed by atoms with Gasteiger partial charge < -0.3 is 25.2 Å². The molecule has 0 radical (unpaired) electrons. The van der Waals surface area contributed by atoms with E-state index in [2.05, 4.69) is 20.6 Å². The van der Waals surface area contributed by atoms with E-state index in [-0.39, 0.29) is 0 Å². The highest BCUT2D eigenvalue weighted by molar-refractivity contribution is 5.63. The van der Waals surface area contributed by atoms with Gasteiger partial charge in [0.15, 0.2) is 11.6 Å². The van der Waals surface area contributed by atoms with E-state index in [1.807, 2.05) is 6.92 Å². The van der Waals surface area contributed by atoms with Gasteiger partial charge in [-0.1, -0.05) is 0 Å². The molecular weight excluding hydrogens is 248 g/mol. The third-order valence-corrected chi connectivity index (χ3v) is 3.02. The summed E-state index contributed by atoms with van der Waals surface area (Å²) in [5, 5.41) is 16.4. The molecule has 1 unspecified atom stereocenters. The maximum Gasteiger partial charge on any atom is 0.204 e. The summed E-state index contributed by atoms with van der Waals surface area (Å²) in [5.74, 6) is 1.75. The number of hydrogen-bond acceptors (Lipinski definition) is 7. The van der Waals surface area contributed by atoms with Crippen LogP contribution in [0.2, 0.25) is 0 Å². The van der Waals surface area contributed by atoms with Gasteiger partial charge in [0.2, 0.25) is 5.75 Å². The fraction of sp³-hybridized carbons (Fsp3) is 0.667. The fourth-order valence-corrected chi connectivity index (χ4v) is 1.97. The summed E-state index contributed by atoms with van der Waals surface area (Å²) in [6, 6.07) is 0. The van der Waals surface area contributed by atoms with Crippen molar-refractivity contribution in [3.63, 3.8) is 0 Å². The summed E-state index contributed by atoms with van der Waals surface area (Å²) in [7, 11) is 1.57. The molecule has 1 fully saturated rings. The van der Waals surface area contributed by atoms with Crippen molar-refractivity contribution in [3.8, 4) is 5.75 Å². The SMILES string of the molecule is CCNc1ncnc(NCC2(O)CCOC2)c1OC. The Balaban J connectivity index is 2.08. The zero-order valence-corrected chi connectivity index (χ0v) is 11.3. The molecule has 0 saturated carbocycles. The molecule has 0 bridgehead atoms. The van der Waals surface area contributed by atoms with Crippen molar-refractivity contribution in [2.24, 2.45) is 0 Å². The van der Waals surface area contributed by atoms with E-state index in [0.29, 0.717) is 43.6 Å². The Bertz CT molecular complexity index is 421. The van der Waals surface area contributed by atoms with Crippen LogP contribution in [0, 0.1) is 0 Å². The Labute approximate surface area is 112 Å². The van der Waals surface area contributed by atoms with Crippen molar-refractivity contribution in [2.45, 2.75) is 18.9 Å². The normalized spacial score (nSPS) is 22.3. The van der Waals surface area contributed by atoms with Gasteiger partial charge in [0, 0.05) is 26.1 Å². The van der Waals surface area contributed by atoms with Crippen LogP contribution in [-0.4, -0.2) is 54.1 Å². The Morgan fingerprint density at radius 3 is 2.74 bits per heavy atom. The second kappa shape index (κ2) is 6.03. The van der Waals surface area contributed by atoms with E-state index in [1.165, 1.54) is 6.33 Å². The second-order valence-corrected chi connectivity index (χ2v) is 4.51. The fourth-order valence-electron chi connectivity index (χ4n) is 1.97. The van der Waals surface area contributed by atoms with Crippen molar-refractivity contribution >= 4 is 11.6 Å². The minimum Gasteiger partial charge on any atom is -0.490 e. The number of rotatable bonds is 6. The standard InChI is InChI=1S/C12H20N4O3/c1-3-13-10-9(18-2)11(16-8-15-10)14-6-12(17)4-5-19-7-12/h8,17H,3-7H2,1-2H3,(H2,13,14,15,16). The zero-order valence-electron chi connectivity index (χ0n) is 11.3. The van der Waals surface area contributed by atoms with E-state index < -0.39 is 5.60 Å². The smallest absolute Gasteiger partial charge is 0.204 e. The van der Waals surface area contributed by atoms with Gasteiger partial charge in [0.25, 0.3) is 0 Å². The molecule has 1 aromatic heterocycles. The van der Waals surface area contributed by atoms with Gasteiger partial charge in [-0.25, -0.2) is 9.97 Å². The van der Waals surface area contributed by atoms with Crippen LogP contribution in [0.3, 0.4) is 0 Å². The Morgan fingerprint density at radius 1 is 1.42 bits per heavy atom. The molecule has 0 spiro atoms. The summed E-state index contributed by atoms with van der Waals surface area (Å²) in [6.07, 6.45) is 2.07. The molecule has 0 amide bonds. The van der Waals surface area contributed by atoms with Crippen LogP contribution < -0.4 is 15.4 Å². The maximum absolute atomic E-state index is 10.2. The lowest BCUT2D eigenvalue weighted by atomic mass is 10.0.